The topological polar surface area (TPSA) is 40.9 Å². The van der Waals surface area contributed by atoms with Gasteiger partial charge >= 0.3 is 0 Å². The lowest BCUT2D eigenvalue weighted by Crippen LogP contribution is -1.91. The van der Waals surface area contributed by atoms with Crippen molar-refractivity contribution >= 4 is 5.78 Å². The lowest BCUT2D eigenvalue weighted by atomic mass is 10.1. The van der Waals surface area contributed by atoms with Crippen molar-refractivity contribution < 1.29 is 4.79 Å². The molecule has 2 nitrogen and oxygen atoms in total. The maximum Gasteiger partial charge on any atom is 0.262 e. The van der Waals surface area contributed by atoms with Gasteiger partial charge in [0.2, 0.25) is 0 Å². The Labute approximate surface area is 101 Å². The molecule has 17 heavy (non-hydrogen) atoms. The van der Waals surface area contributed by atoms with Crippen LogP contribution in [0.3, 0.4) is 0 Å². The second-order valence-corrected chi connectivity index (χ2v) is 3.46. The number of hydrogen-bond acceptors (Lipinski definition) is 2. The number of Topliss-reactive ketones (excluding diaryl/α,β-unsaturated/α-hetero) is 1. The van der Waals surface area contributed by atoms with Gasteiger partial charge in [0.15, 0.2) is 0 Å². The molecule has 0 fully saturated rings. The molecule has 2 rings (SSSR count). The molecule has 84 valence electrons. The van der Waals surface area contributed by atoms with Crippen molar-refractivity contribution in [1.29, 1.82) is 5.26 Å². The number of ketones is 1. The normalized spacial score (nSPS) is 8.47. The quantitative estimate of drug-likeness (QED) is 0.549. The molecular weight excluding hydrogens is 210 g/mol. The Morgan fingerprint density at radius 3 is 1.76 bits per heavy atom. The Hall–Kier alpha value is -2.40. The maximum atomic E-state index is 10.7. The van der Waals surface area contributed by atoms with Crippen molar-refractivity contribution in [3.63, 3.8) is 0 Å². The number of nitrogens with zero attached hydrogens (tertiary/aromatic N) is 1. The van der Waals surface area contributed by atoms with Crippen LogP contribution in [0.4, 0.5) is 0 Å². The Balaban J connectivity index is 0.000000181. The minimum absolute atomic E-state index is 0.449. The van der Waals surface area contributed by atoms with E-state index >= 15 is 0 Å². The molecule has 2 aromatic rings. The Morgan fingerprint density at radius 2 is 1.41 bits per heavy atom. The number of nitriles is 1. The second kappa shape index (κ2) is 6.97. The van der Waals surface area contributed by atoms with Crippen molar-refractivity contribution in [3.8, 4) is 6.07 Å². The number of aryl methyl sites for hydroxylation is 1. The zero-order valence-corrected chi connectivity index (χ0v) is 9.63. The average molecular weight is 223 g/mol. The first-order valence-corrected chi connectivity index (χ1v) is 5.25. The van der Waals surface area contributed by atoms with Crippen LogP contribution in [0, 0.1) is 18.3 Å². The number of rotatable bonds is 1. The van der Waals surface area contributed by atoms with Gasteiger partial charge in [-0.1, -0.05) is 66.2 Å². The third-order valence-electron chi connectivity index (χ3n) is 2.08. The summed E-state index contributed by atoms with van der Waals surface area (Å²) in [6.07, 6.45) is 0. The van der Waals surface area contributed by atoms with Crippen molar-refractivity contribution in [2.45, 2.75) is 6.92 Å². The van der Waals surface area contributed by atoms with Crippen molar-refractivity contribution in [1.82, 2.24) is 0 Å². The smallest absolute Gasteiger partial charge is 0.262 e. The van der Waals surface area contributed by atoms with Crippen molar-refractivity contribution in [2.24, 2.45) is 0 Å². The molecular formula is C15H13NO. The largest absolute Gasteiger partial charge is 0.277 e. The maximum absolute atomic E-state index is 10.7. The summed E-state index contributed by atoms with van der Waals surface area (Å²) in [6.45, 7) is 2.08. The molecule has 0 spiro atoms. The van der Waals surface area contributed by atoms with Crippen LogP contribution in [0.5, 0.6) is 0 Å². The van der Waals surface area contributed by atoms with Gasteiger partial charge < -0.3 is 0 Å². The zero-order chi connectivity index (χ0) is 12.5. The number of carbonyl (C=O) groups excluding carboxylic acids is 1. The summed E-state index contributed by atoms with van der Waals surface area (Å²) >= 11 is 0. The molecule has 0 saturated heterocycles. The highest BCUT2D eigenvalue weighted by Crippen LogP contribution is 1.97. The molecule has 0 amide bonds. The predicted octanol–water partition coefficient (Wildman–Crippen LogP) is 3.39. The Bertz CT molecular complexity index is 497. The first kappa shape index (κ1) is 12.7. The van der Waals surface area contributed by atoms with E-state index in [1.807, 2.05) is 18.2 Å². The summed E-state index contributed by atoms with van der Waals surface area (Å²) in [7, 11) is 0. The van der Waals surface area contributed by atoms with E-state index in [9.17, 15) is 4.79 Å². The Kier molecular flexibility index (Phi) is 5.19. The van der Waals surface area contributed by atoms with Gasteiger partial charge in [-0.2, -0.15) is 5.26 Å². The number of benzene rings is 2. The number of carbonyl (C=O) groups is 1. The van der Waals surface area contributed by atoms with Crippen LogP contribution in [-0.4, -0.2) is 5.78 Å². The molecule has 0 saturated carbocycles. The summed E-state index contributed by atoms with van der Waals surface area (Å²) in [4.78, 5) is 10.7. The van der Waals surface area contributed by atoms with Crippen molar-refractivity contribution in [2.75, 3.05) is 0 Å². The van der Waals surface area contributed by atoms with E-state index in [0.717, 1.165) is 0 Å². The molecule has 2 aromatic carbocycles. The molecule has 0 atom stereocenters. The lowest BCUT2D eigenvalue weighted by Gasteiger charge is -1.87. The lowest BCUT2D eigenvalue weighted by molar-refractivity contribution is 0.105. The van der Waals surface area contributed by atoms with Gasteiger partial charge in [0, 0.05) is 5.56 Å². The highest BCUT2D eigenvalue weighted by atomic mass is 16.1. The fourth-order valence-electron chi connectivity index (χ4n) is 1.19. The minimum atomic E-state index is -0.486. The van der Waals surface area contributed by atoms with Crippen molar-refractivity contribution in [3.05, 3.63) is 71.8 Å². The van der Waals surface area contributed by atoms with Gasteiger partial charge in [-0.05, 0) is 6.92 Å². The van der Waals surface area contributed by atoms with Crippen LogP contribution in [0.1, 0.15) is 15.9 Å². The van der Waals surface area contributed by atoms with E-state index in [1.54, 1.807) is 36.4 Å². The summed E-state index contributed by atoms with van der Waals surface area (Å²) < 4.78 is 0. The zero-order valence-electron chi connectivity index (χ0n) is 9.63. The summed E-state index contributed by atoms with van der Waals surface area (Å²) in [5, 5.41) is 8.19. The van der Waals surface area contributed by atoms with Gasteiger partial charge in [0.05, 0.1) is 0 Å². The van der Waals surface area contributed by atoms with Crippen LogP contribution >= 0.6 is 0 Å². The monoisotopic (exact) mass is 223 g/mol. The van der Waals surface area contributed by atoms with Gasteiger partial charge in [0.25, 0.3) is 5.78 Å². The summed E-state index contributed by atoms with van der Waals surface area (Å²) in [5.41, 5.74) is 1.77. The predicted molar refractivity (Wildman–Crippen MR) is 67.6 cm³/mol. The highest BCUT2D eigenvalue weighted by molar-refractivity contribution is 6.07. The SMILES string of the molecule is Cc1ccccc1.N#CC(=O)c1ccccc1. The Morgan fingerprint density at radius 1 is 0.941 bits per heavy atom. The van der Waals surface area contributed by atoms with Crippen LogP contribution < -0.4 is 0 Å². The fourth-order valence-corrected chi connectivity index (χ4v) is 1.19. The van der Waals surface area contributed by atoms with Gasteiger partial charge in [-0.25, -0.2) is 0 Å². The van der Waals surface area contributed by atoms with Crippen LogP contribution in [0.25, 0.3) is 0 Å². The van der Waals surface area contributed by atoms with E-state index < -0.39 is 5.78 Å². The van der Waals surface area contributed by atoms with Crippen LogP contribution in [0.15, 0.2) is 60.7 Å². The van der Waals surface area contributed by atoms with E-state index in [1.165, 1.54) is 5.56 Å². The molecule has 0 unspecified atom stereocenters. The van der Waals surface area contributed by atoms with Crippen LogP contribution in [0.2, 0.25) is 0 Å². The van der Waals surface area contributed by atoms with Crippen LogP contribution in [-0.2, 0) is 0 Å². The molecule has 0 aliphatic carbocycles. The number of hydrogen-bond donors (Lipinski definition) is 0. The van der Waals surface area contributed by atoms with E-state index in [2.05, 4.69) is 19.1 Å². The standard InChI is InChI=1S/C8H5NO.C7H8/c9-6-8(10)7-4-2-1-3-5-7;1-7-5-3-2-4-6-7/h1-5H;2-6H,1H3. The molecule has 0 radical (unpaired) electrons. The third kappa shape index (κ3) is 4.76. The summed E-state index contributed by atoms with van der Waals surface area (Å²) in [6, 6.07) is 20.3. The molecule has 0 N–H and O–H groups in total. The molecule has 0 aliphatic heterocycles. The van der Waals surface area contributed by atoms with E-state index in [0.29, 0.717) is 5.56 Å². The summed E-state index contributed by atoms with van der Waals surface area (Å²) in [5.74, 6) is -0.486. The van der Waals surface area contributed by atoms with Gasteiger partial charge in [-0.3, -0.25) is 4.79 Å². The van der Waals surface area contributed by atoms with Gasteiger partial charge in [-0.15, -0.1) is 0 Å². The second-order valence-electron chi connectivity index (χ2n) is 3.46. The third-order valence-corrected chi connectivity index (χ3v) is 2.08. The minimum Gasteiger partial charge on any atom is -0.277 e. The molecule has 0 heterocycles. The first-order valence-electron chi connectivity index (χ1n) is 5.25. The fraction of sp³-hybridized carbons (Fsp3) is 0.0667. The first-order chi connectivity index (χ1) is 8.24. The molecule has 0 aromatic heterocycles. The molecule has 0 bridgehead atoms. The molecule has 0 aliphatic rings. The highest BCUT2D eigenvalue weighted by Gasteiger charge is 1.99. The van der Waals surface area contributed by atoms with E-state index in [4.69, 9.17) is 5.26 Å². The molecule has 2 heteroatoms. The van der Waals surface area contributed by atoms with Gasteiger partial charge in [0.1, 0.15) is 6.07 Å². The van der Waals surface area contributed by atoms with E-state index in [-0.39, 0.29) is 0 Å². The average Bonchev–Trinajstić information content (AvgIpc) is 2.40.